The van der Waals surface area contributed by atoms with Crippen LogP contribution in [0.3, 0.4) is 0 Å². The molecule has 2 aliphatic rings. The van der Waals surface area contributed by atoms with E-state index in [4.69, 9.17) is 0 Å². The highest BCUT2D eigenvalue weighted by atomic mass is 79.9. The quantitative estimate of drug-likeness (QED) is 0.800. The fourth-order valence-corrected chi connectivity index (χ4v) is 3.16. The standard InChI is InChI=1S/C13H12BrN3O2/c1-7-2-8-5-17(6-15-12(8)9(14)3-7)10-4-11(18)16-13(10)19/h2-3,6,10H,4-5H2,1H3,(H,16,18,19). The second kappa shape index (κ2) is 4.45. The van der Waals surface area contributed by atoms with Crippen LogP contribution in [0.5, 0.6) is 0 Å². The first-order chi connectivity index (χ1) is 9.04. The van der Waals surface area contributed by atoms with Gasteiger partial charge >= 0.3 is 0 Å². The van der Waals surface area contributed by atoms with Gasteiger partial charge in [0.1, 0.15) is 6.04 Å². The molecule has 3 rings (SSSR count). The van der Waals surface area contributed by atoms with Crippen LogP contribution in [-0.4, -0.2) is 29.1 Å². The Morgan fingerprint density at radius 2 is 2.21 bits per heavy atom. The molecule has 1 aromatic carbocycles. The maximum atomic E-state index is 11.7. The van der Waals surface area contributed by atoms with Gasteiger partial charge in [0.15, 0.2) is 0 Å². The molecular formula is C13H12BrN3O2. The summed E-state index contributed by atoms with van der Waals surface area (Å²) in [6.45, 7) is 2.60. The van der Waals surface area contributed by atoms with Gasteiger partial charge in [-0.15, -0.1) is 0 Å². The van der Waals surface area contributed by atoms with Crippen molar-refractivity contribution >= 4 is 39.8 Å². The number of rotatable bonds is 1. The summed E-state index contributed by atoms with van der Waals surface area (Å²) in [5.41, 5.74) is 3.09. The normalized spacial score (nSPS) is 21.6. The van der Waals surface area contributed by atoms with E-state index in [1.807, 2.05) is 17.9 Å². The number of hydrogen-bond donors (Lipinski definition) is 1. The average Bonchev–Trinajstić information content (AvgIpc) is 2.67. The van der Waals surface area contributed by atoms with Crippen molar-refractivity contribution in [1.82, 2.24) is 10.2 Å². The first-order valence-electron chi connectivity index (χ1n) is 5.97. The van der Waals surface area contributed by atoms with Crippen molar-refractivity contribution in [3.8, 4) is 0 Å². The fraction of sp³-hybridized carbons (Fsp3) is 0.308. The van der Waals surface area contributed by atoms with Crippen LogP contribution in [0.4, 0.5) is 5.69 Å². The van der Waals surface area contributed by atoms with Crippen LogP contribution in [0.15, 0.2) is 21.6 Å². The molecule has 0 spiro atoms. The topological polar surface area (TPSA) is 61.8 Å². The van der Waals surface area contributed by atoms with Crippen molar-refractivity contribution in [2.45, 2.75) is 25.9 Å². The van der Waals surface area contributed by atoms with E-state index in [0.717, 1.165) is 21.3 Å². The molecule has 0 saturated carbocycles. The van der Waals surface area contributed by atoms with Crippen molar-refractivity contribution in [3.63, 3.8) is 0 Å². The molecule has 1 unspecified atom stereocenters. The van der Waals surface area contributed by atoms with E-state index in [1.165, 1.54) is 0 Å². The smallest absolute Gasteiger partial charge is 0.249 e. The van der Waals surface area contributed by atoms with Gasteiger partial charge in [0.2, 0.25) is 11.8 Å². The summed E-state index contributed by atoms with van der Waals surface area (Å²) in [4.78, 5) is 29.1. The number of aryl methyl sites for hydroxylation is 1. The molecule has 2 heterocycles. The van der Waals surface area contributed by atoms with Crippen LogP contribution in [0, 0.1) is 6.92 Å². The minimum Gasteiger partial charge on any atom is -0.346 e. The lowest BCUT2D eigenvalue weighted by Crippen LogP contribution is -2.40. The molecule has 6 heteroatoms. The molecule has 98 valence electrons. The van der Waals surface area contributed by atoms with Crippen LogP contribution in [0.25, 0.3) is 0 Å². The number of nitrogens with zero attached hydrogens (tertiary/aromatic N) is 2. The number of imide groups is 1. The van der Waals surface area contributed by atoms with Crippen LogP contribution in [-0.2, 0) is 16.1 Å². The third-order valence-corrected chi connectivity index (χ3v) is 3.92. The zero-order chi connectivity index (χ0) is 13.6. The molecule has 2 amide bonds. The van der Waals surface area contributed by atoms with Gasteiger partial charge in [-0.25, -0.2) is 4.99 Å². The summed E-state index contributed by atoms with van der Waals surface area (Å²) < 4.78 is 0.949. The number of fused-ring (bicyclic) bond motifs is 1. The number of hydrogen-bond acceptors (Lipinski definition) is 4. The number of carbonyl (C=O) groups is 2. The Morgan fingerprint density at radius 1 is 1.42 bits per heavy atom. The number of benzene rings is 1. The van der Waals surface area contributed by atoms with Crippen molar-refractivity contribution in [1.29, 1.82) is 0 Å². The molecule has 1 saturated heterocycles. The highest BCUT2D eigenvalue weighted by molar-refractivity contribution is 9.10. The van der Waals surface area contributed by atoms with Gasteiger partial charge in [0.25, 0.3) is 0 Å². The van der Waals surface area contributed by atoms with Crippen LogP contribution >= 0.6 is 15.9 Å². The van der Waals surface area contributed by atoms with Crippen LogP contribution in [0.1, 0.15) is 17.5 Å². The molecular weight excluding hydrogens is 310 g/mol. The van der Waals surface area contributed by atoms with E-state index in [1.54, 1.807) is 6.34 Å². The second-order valence-corrected chi connectivity index (χ2v) is 5.66. The number of nitrogens with one attached hydrogen (secondary N) is 1. The molecule has 19 heavy (non-hydrogen) atoms. The Bertz CT molecular complexity index is 612. The van der Waals surface area contributed by atoms with E-state index in [-0.39, 0.29) is 18.2 Å². The second-order valence-electron chi connectivity index (χ2n) is 4.80. The van der Waals surface area contributed by atoms with Gasteiger partial charge in [-0.1, -0.05) is 6.07 Å². The largest absolute Gasteiger partial charge is 0.346 e. The molecule has 1 aromatic rings. The molecule has 0 radical (unpaired) electrons. The highest BCUT2D eigenvalue weighted by Crippen LogP contribution is 2.34. The lowest BCUT2D eigenvalue weighted by Gasteiger charge is -2.28. The maximum Gasteiger partial charge on any atom is 0.249 e. The number of halogens is 1. The summed E-state index contributed by atoms with van der Waals surface area (Å²) in [6.07, 6.45) is 1.85. The van der Waals surface area contributed by atoms with Gasteiger partial charge in [-0.3, -0.25) is 14.9 Å². The minimum atomic E-state index is -0.441. The van der Waals surface area contributed by atoms with E-state index < -0.39 is 6.04 Å². The summed E-state index contributed by atoms with van der Waals surface area (Å²) in [5.74, 6) is -0.466. The Labute approximate surface area is 118 Å². The predicted molar refractivity (Wildman–Crippen MR) is 74.1 cm³/mol. The molecule has 1 fully saturated rings. The summed E-state index contributed by atoms with van der Waals surface area (Å²) in [7, 11) is 0. The zero-order valence-corrected chi connectivity index (χ0v) is 11.9. The molecule has 2 aliphatic heterocycles. The fourth-order valence-electron chi connectivity index (χ4n) is 2.44. The van der Waals surface area contributed by atoms with Crippen LogP contribution < -0.4 is 5.32 Å². The molecule has 0 aliphatic carbocycles. The van der Waals surface area contributed by atoms with Gasteiger partial charge < -0.3 is 4.90 Å². The van der Waals surface area contributed by atoms with Crippen molar-refractivity contribution in [3.05, 3.63) is 27.7 Å². The predicted octanol–water partition coefficient (Wildman–Crippen LogP) is 1.65. The average molecular weight is 322 g/mol. The Kier molecular flexibility index (Phi) is 2.89. The van der Waals surface area contributed by atoms with Gasteiger partial charge in [0, 0.05) is 11.0 Å². The van der Waals surface area contributed by atoms with Crippen molar-refractivity contribution in [2.24, 2.45) is 4.99 Å². The van der Waals surface area contributed by atoms with Crippen molar-refractivity contribution in [2.75, 3.05) is 0 Å². The van der Waals surface area contributed by atoms with Gasteiger partial charge in [0.05, 0.1) is 18.4 Å². The summed E-state index contributed by atoms with van der Waals surface area (Å²) in [5, 5.41) is 2.32. The van der Waals surface area contributed by atoms with Gasteiger partial charge in [-0.05, 0) is 40.0 Å². The molecule has 1 N–H and O–H groups in total. The first-order valence-corrected chi connectivity index (χ1v) is 6.76. The number of amides is 2. The Balaban J connectivity index is 1.91. The van der Waals surface area contributed by atoms with Crippen LogP contribution in [0.2, 0.25) is 0 Å². The highest BCUT2D eigenvalue weighted by Gasteiger charge is 2.35. The molecule has 5 nitrogen and oxygen atoms in total. The van der Waals surface area contributed by atoms with E-state index >= 15 is 0 Å². The first kappa shape index (κ1) is 12.3. The van der Waals surface area contributed by atoms with Gasteiger partial charge in [-0.2, -0.15) is 0 Å². The number of carbonyl (C=O) groups excluding carboxylic acids is 2. The SMILES string of the molecule is Cc1cc(Br)c2c(c1)CN(C1CC(=O)NC1=O)C=N2. The van der Waals surface area contributed by atoms with Crippen molar-refractivity contribution < 1.29 is 9.59 Å². The lowest BCUT2D eigenvalue weighted by atomic mass is 10.1. The number of aliphatic imine (C=N–C) groups is 1. The van der Waals surface area contributed by atoms with E-state index in [2.05, 4.69) is 32.3 Å². The lowest BCUT2D eigenvalue weighted by molar-refractivity contribution is -0.125. The maximum absolute atomic E-state index is 11.7. The Hall–Kier alpha value is -1.69. The molecule has 0 aromatic heterocycles. The third-order valence-electron chi connectivity index (χ3n) is 3.32. The molecule has 0 bridgehead atoms. The summed E-state index contributed by atoms with van der Waals surface area (Å²) in [6, 6.07) is 3.62. The minimum absolute atomic E-state index is 0.202. The Morgan fingerprint density at radius 3 is 2.89 bits per heavy atom. The molecule has 1 atom stereocenters. The monoisotopic (exact) mass is 321 g/mol. The third kappa shape index (κ3) is 2.16. The van der Waals surface area contributed by atoms with E-state index in [0.29, 0.717) is 6.54 Å². The zero-order valence-electron chi connectivity index (χ0n) is 10.3. The van der Waals surface area contributed by atoms with E-state index in [9.17, 15) is 9.59 Å². The summed E-state index contributed by atoms with van der Waals surface area (Å²) >= 11 is 3.49.